The van der Waals surface area contributed by atoms with E-state index >= 15 is 0 Å². The van der Waals surface area contributed by atoms with Gasteiger partial charge in [0.05, 0.1) is 0 Å². The molecule has 0 bridgehead atoms. The number of nitrogens with one attached hydrogen (secondary N) is 2. The fourth-order valence-corrected chi connectivity index (χ4v) is 2.98. The van der Waals surface area contributed by atoms with Gasteiger partial charge in [-0.2, -0.15) is 0 Å². The van der Waals surface area contributed by atoms with Crippen molar-refractivity contribution in [3.05, 3.63) is 64.2 Å². The maximum Gasteiger partial charge on any atom is 0.0450 e. The van der Waals surface area contributed by atoms with E-state index in [1.54, 1.807) is 0 Å². The summed E-state index contributed by atoms with van der Waals surface area (Å²) in [6.45, 7) is 2.90. The van der Waals surface area contributed by atoms with E-state index in [4.69, 9.17) is 11.6 Å². The van der Waals surface area contributed by atoms with Gasteiger partial charge in [0.1, 0.15) is 0 Å². The van der Waals surface area contributed by atoms with Crippen molar-refractivity contribution >= 4 is 17.3 Å². The van der Waals surface area contributed by atoms with Crippen LogP contribution in [0.3, 0.4) is 0 Å². The van der Waals surface area contributed by atoms with Gasteiger partial charge >= 0.3 is 0 Å². The summed E-state index contributed by atoms with van der Waals surface area (Å²) in [5.74, 6) is 0. The van der Waals surface area contributed by atoms with Crippen molar-refractivity contribution < 1.29 is 0 Å². The molecule has 0 amide bonds. The highest BCUT2D eigenvalue weighted by Gasteiger charge is 2.08. The molecule has 110 valence electrons. The zero-order valence-corrected chi connectivity index (χ0v) is 12.9. The molecule has 0 saturated heterocycles. The van der Waals surface area contributed by atoms with Crippen LogP contribution in [-0.4, -0.2) is 13.1 Å². The molecule has 0 spiro atoms. The van der Waals surface area contributed by atoms with Gasteiger partial charge in [0.25, 0.3) is 0 Å². The molecule has 2 aromatic carbocycles. The summed E-state index contributed by atoms with van der Waals surface area (Å²) in [5, 5.41) is 7.76. The highest BCUT2D eigenvalue weighted by atomic mass is 35.5. The molecule has 0 fully saturated rings. The van der Waals surface area contributed by atoms with E-state index in [1.165, 1.54) is 29.7 Å². The Labute approximate surface area is 131 Å². The van der Waals surface area contributed by atoms with Crippen LogP contribution < -0.4 is 10.6 Å². The zero-order chi connectivity index (χ0) is 14.5. The fraction of sp³-hybridized carbons (Fsp3) is 0.333. The zero-order valence-electron chi connectivity index (χ0n) is 12.2. The quantitative estimate of drug-likeness (QED) is 0.815. The number of rotatable bonds is 5. The van der Waals surface area contributed by atoms with Gasteiger partial charge in [0.2, 0.25) is 0 Å². The van der Waals surface area contributed by atoms with E-state index in [0.29, 0.717) is 0 Å². The van der Waals surface area contributed by atoms with Crippen LogP contribution in [0.1, 0.15) is 23.1 Å². The summed E-state index contributed by atoms with van der Waals surface area (Å²) in [6.07, 6.45) is 3.49. The second kappa shape index (κ2) is 6.97. The first-order chi connectivity index (χ1) is 10.3. The Hall–Kier alpha value is -1.51. The number of benzene rings is 2. The van der Waals surface area contributed by atoms with Crippen molar-refractivity contribution in [1.82, 2.24) is 5.32 Å². The van der Waals surface area contributed by atoms with Gasteiger partial charge < -0.3 is 10.6 Å². The van der Waals surface area contributed by atoms with Crippen LogP contribution in [0.4, 0.5) is 5.69 Å². The van der Waals surface area contributed by atoms with E-state index in [9.17, 15) is 0 Å². The summed E-state index contributed by atoms with van der Waals surface area (Å²) in [4.78, 5) is 0. The largest absolute Gasteiger partial charge is 0.385 e. The molecule has 1 heterocycles. The topological polar surface area (TPSA) is 24.1 Å². The predicted octanol–water partition coefficient (Wildman–Crippen LogP) is 4.03. The standard InChI is InChI=1S/C18H21ClN2/c19-17-6-2-1-4-16(17)13-20-11-9-14-7-8-18-15(12-14)5-3-10-21-18/h1-2,4,6-8,12,20-21H,3,5,9-11,13H2. The van der Waals surface area contributed by atoms with Crippen molar-refractivity contribution in [1.29, 1.82) is 0 Å². The van der Waals surface area contributed by atoms with Gasteiger partial charge in [-0.25, -0.2) is 0 Å². The van der Waals surface area contributed by atoms with Gasteiger partial charge in [-0.1, -0.05) is 41.9 Å². The van der Waals surface area contributed by atoms with E-state index in [2.05, 4.69) is 34.9 Å². The summed E-state index contributed by atoms with van der Waals surface area (Å²) in [7, 11) is 0. The predicted molar refractivity (Wildman–Crippen MR) is 90.1 cm³/mol. The number of aryl methyl sites for hydroxylation is 1. The smallest absolute Gasteiger partial charge is 0.0450 e. The molecule has 1 aliphatic rings. The molecule has 21 heavy (non-hydrogen) atoms. The number of anilines is 1. The average Bonchev–Trinajstić information content (AvgIpc) is 2.53. The molecule has 0 radical (unpaired) electrons. The minimum absolute atomic E-state index is 0.826. The van der Waals surface area contributed by atoms with Gasteiger partial charge in [0, 0.05) is 23.8 Å². The van der Waals surface area contributed by atoms with E-state index in [-0.39, 0.29) is 0 Å². The highest BCUT2D eigenvalue weighted by molar-refractivity contribution is 6.31. The molecule has 0 aromatic heterocycles. The van der Waals surface area contributed by atoms with Crippen molar-refractivity contribution in [2.75, 3.05) is 18.4 Å². The lowest BCUT2D eigenvalue weighted by atomic mass is 9.99. The summed E-state index contributed by atoms with van der Waals surface area (Å²) >= 11 is 6.15. The van der Waals surface area contributed by atoms with Crippen molar-refractivity contribution in [2.24, 2.45) is 0 Å². The number of hydrogen-bond acceptors (Lipinski definition) is 2. The lowest BCUT2D eigenvalue weighted by Gasteiger charge is -2.18. The summed E-state index contributed by atoms with van der Waals surface area (Å²) in [6, 6.07) is 14.8. The van der Waals surface area contributed by atoms with Crippen LogP contribution in [-0.2, 0) is 19.4 Å². The Kier molecular flexibility index (Phi) is 4.79. The van der Waals surface area contributed by atoms with Crippen LogP contribution >= 0.6 is 11.6 Å². The Bertz CT molecular complexity index is 610. The maximum absolute atomic E-state index is 6.15. The maximum atomic E-state index is 6.15. The third-order valence-electron chi connectivity index (χ3n) is 3.97. The molecule has 1 aliphatic heterocycles. The third-order valence-corrected chi connectivity index (χ3v) is 4.34. The molecule has 2 nitrogen and oxygen atoms in total. The molecule has 2 N–H and O–H groups in total. The van der Waals surface area contributed by atoms with E-state index in [1.807, 2.05) is 18.2 Å². The monoisotopic (exact) mass is 300 g/mol. The molecule has 0 atom stereocenters. The second-order valence-electron chi connectivity index (χ2n) is 5.54. The molecule has 0 aliphatic carbocycles. The van der Waals surface area contributed by atoms with E-state index in [0.717, 1.165) is 36.6 Å². The van der Waals surface area contributed by atoms with Crippen LogP contribution in [0.5, 0.6) is 0 Å². The Morgan fingerprint density at radius 3 is 2.95 bits per heavy atom. The molecular weight excluding hydrogens is 280 g/mol. The fourth-order valence-electron chi connectivity index (χ4n) is 2.78. The summed E-state index contributed by atoms with van der Waals surface area (Å²) < 4.78 is 0. The Balaban J connectivity index is 1.50. The summed E-state index contributed by atoms with van der Waals surface area (Å²) in [5.41, 5.74) is 5.34. The van der Waals surface area contributed by atoms with Gasteiger partial charge in [-0.05, 0) is 54.6 Å². The molecule has 3 heteroatoms. The molecule has 2 aromatic rings. The SMILES string of the molecule is Clc1ccccc1CNCCc1ccc2c(c1)CCCN2. The lowest BCUT2D eigenvalue weighted by molar-refractivity contribution is 0.686. The number of fused-ring (bicyclic) bond motifs is 1. The van der Waals surface area contributed by atoms with Crippen LogP contribution in [0.25, 0.3) is 0 Å². The molecular formula is C18H21ClN2. The lowest BCUT2D eigenvalue weighted by Crippen LogP contribution is -2.17. The minimum Gasteiger partial charge on any atom is -0.385 e. The molecule has 0 unspecified atom stereocenters. The van der Waals surface area contributed by atoms with Crippen molar-refractivity contribution in [3.63, 3.8) is 0 Å². The van der Waals surface area contributed by atoms with Gasteiger partial charge in [0.15, 0.2) is 0 Å². The first-order valence-electron chi connectivity index (χ1n) is 7.63. The van der Waals surface area contributed by atoms with Crippen molar-refractivity contribution in [2.45, 2.75) is 25.8 Å². The van der Waals surface area contributed by atoms with Gasteiger partial charge in [-0.3, -0.25) is 0 Å². The molecule has 0 saturated carbocycles. The first-order valence-corrected chi connectivity index (χ1v) is 8.00. The third kappa shape index (κ3) is 3.78. The van der Waals surface area contributed by atoms with Crippen molar-refractivity contribution in [3.8, 4) is 0 Å². The average molecular weight is 301 g/mol. The second-order valence-corrected chi connectivity index (χ2v) is 5.95. The van der Waals surface area contributed by atoms with Gasteiger partial charge in [-0.15, -0.1) is 0 Å². The first kappa shape index (κ1) is 14.4. The number of hydrogen-bond donors (Lipinski definition) is 2. The Morgan fingerprint density at radius 2 is 2.05 bits per heavy atom. The number of halogens is 1. The van der Waals surface area contributed by atoms with Crippen LogP contribution in [0.2, 0.25) is 5.02 Å². The molecule has 3 rings (SSSR count). The minimum atomic E-state index is 0.826. The van der Waals surface area contributed by atoms with E-state index < -0.39 is 0 Å². The van der Waals surface area contributed by atoms with Crippen LogP contribution in [0, 0.1) is 0 Å². The van der Waals surface area contributed by atoms with Crippen LogP contribution in [0.15, 0.2) is 42.5 Å². The normalized spacial score (nSPS) is 13.6. The highest BCUT2D eigenvalue weighted by Crippen LogP contribution is 2.23. The Morgan fingerprint density at radius 1 is 1.14 bits per heavy atom.